The van der Waals surface area contributed by atoms with Crippen LogP contribution in [0.3, 0.4) is 0 Å². The molecule has 0 aliphatic carbocycles. The minimum atomic E-state index is -3.28. The molecule has 2 aromatic rings. The van der Waals surface area contributed by atoms with Gasteiger partial charge in [-0.15, -0.1) is 0 Å². The molecular weight excluding hydrogens is 308 g/mol. The number of rotatable bonds is 4. The summed E-state index contributed by atoms with van der Waals surface area (Å²) in [6.07, 6.45) is 1.40. The zero-order valence-corrected chi connectivity index (χ0v) is 15.4. The zero-order chi connectivity index (χ0) is 17.9. The van der Waals surface area contributed by atoms with Crippen molar-refractivity contribution < 1.29 is 13.2 Å². The highest BCUT2D eigenvalue weighted by atomic mass is 32.2. The van der Waals surface area contributed by atoms with E-state index in [1.807, 2.05) is 58.0 Å². The fourth-order valence-corrected chi connectivity index (χ4v) is 2.45. The number of carbonyl (C=O) groups is 1. The van der Waals surface area contributed by atoms with Gasteiger partial charge in [0.05, 0.1) is 4.90 Å². The number of benzene rings is 2. The molecule has 0 N–H and O–H groups in total. The van der Waals surface area contributed by atoms with Gasteiger partial charge in [-0.05, 0) is 17.7 Å². The Bertz CT molecular complexity index is 690. The molecule has 3 nitrogen and oxygen atoms in total. The van der Waals surface area contributed by atoms with Gasteiger partial charge in [0.2, 0.25) is 0 Å². The summed E-state index contributed by atoms with van der Waals surface area (Å²) in [5.41, 5.74) is 1.34. The minimum absolute atomic E-state index is 0.0864. The molecule has 126 valence electrons. The lowest BCUT2D eigenvalue weighted by Gasteiger charge is -2.04. The molecule has 0 aliphatic rings. The van der Waals surface area contributed by atoms with Crippen LogP contribution in [0.15, 0.2) is 59.5 Å². The van der Waals surface area contributed by atoms with Crippen molar-refractivity contribution in [3.8, 4) is 0 Å². The summed E-state index contributed by atoms with van der Waals surface area (Å²) in [6, 6.07) is 15.5. The van der Waals surface area contributed by atoms with E-state index in [4.69, 9.17) is 0 Å². The highest BCUT2D eigenvalue weighted by Crippen LogP contribution is 2.13. The quantitative estimate of drug-likeness (QED) is 0.770. The molecule has 2 aromatic carbocycles. The predicted octanol–water partition coefficient (Wildman–Crippen LogP) is 4.57. The topological polar surface area (TPSA) is 51.2 Å². The molecule has 0 fully saturated rings. The Labute approximate surface area is 140 Å². The lowest BCUT2D eigenvalue weighted by atomic mass is 10.0. The Morgan fingerprint density at radius 1 is 0.870 bits per heavy atom. The maximum absolute atomic E-state index is 12.1. The van der Waals surface area contributed by atoms with Crippen molar-refractivity contribution in [2.45, 2.75) is 39.0 Å². The van der Waals surface area contributed by atoms with Crippen molar-refractivity contribution in [2.24, 2.45) is 0 Å². The van der Waals surface area contributed by atoms with Gasteiger partial charge in [-0.2, -0.15) is 0 Å². The lowest BCUT2D eigenvalue weighted by molar-refractivity contribution is 0.0993. The fraction of sp³-hybridized carbons (Fsp3) is 0.316. The first-order chi connectivity index (χ1) is 11.0. The first kappa shape index (κ1) is 21.1. The van der Waals surface area contributed by atoms with E-state index in [0.29, 0.717) is 5.56 Å². The van der Waals surface area contributed by atoms with Gasteiger partial charge in [0.25, 0.3) is 0 Å². The van der Waals surface area contributed by atoms with Crippen molar-refractivity contribution in [3.63, 3.8) is 0 Å². The molecule has 0 atom stereocenters. The fourth-order valence-electron chi connectivity index (χ4n) is 1.78. The molecule has 2 rings (SSSR count). The summed E-state index contributed by atoms with van der Waals surface area (Å²) in [6.45, 7) is 8.00. The zero-order valence-electron chi connectivity index (χ0n) is 14.5. The van der Waals surface area contributed by atoms with Crippen LogP contribution in [-0.2, 0) is 16.3 Å². The van der Waals surface area contributed by atoms with Gasteiger partial charge >= 0.3 is 0 Å². The standard InChI is InChI=1S/C15H14O3S.2C2H6/c1-19(17,18)14-9-5-8-13(11-14)15(16)10-12-6-3-2-4-7-12;2*1-2/h2-9,11H,10H2,1H3;2*1-2H3. The average molecular weight is 334 g/mol. The van der Waals surface area contributed by atoms with E-state index in [1.54, 1.807) is 12.1 Å². The van der Waals surface area contributed by atoms with Crippen molar-refractivity contribution in [3.05, 3.63) is 65.7 Å². The Morgan fingerprint density at radius 2 is 1.43 bits per heavy atom. The van der Waals surface area contributed by atoms with E-state index in [1.165, 1.54) is 12.1 Å². The van der Waals surface area contributed by atoms with E-state index in [-0.39, 0.29) is 17.1 Å². The van der Waals surface area contributed by atoms with Crippen LogP contribution in [-0.4, -0.2) is 20.5 Å². The minimum Gasteiger partial charge on any atom is -0.294 e. The van der Waals surface area contributed by atoms with Crippen LogP contribution in [0, 0.1) is 0 Å². The number of ketones is 1. The van der Waals surface area contributed by atoms with E-state index >= 15 is 0 Å². The van der Waals surface area contributed by atoms with Crippen LogP contribution in [0.1, 0.15) is 43.6 Å². The van der Waals surface area contributed by atoms with Crippen molar-refractivity contribution in [2.75, 3.05) is 6.26 Å². The SMILES string of the molecule is CC.CC.CS(=O)(=O)c1cccc(C(=O)Cc2ccccc2)c1. The third-order valence-corrected chi connectivity index (χ3v) is 3.90. The molecule has 0 aliphatic heterocycles. The van der Waals surface area contributed by atoms with Crippen molar-refractivity contribution in [1.82, 2.24) is 0 Å². The summed E-state index contributed by atoms with van der Waals surface area (Å²) >= 11 is 0. The van der Waals surface area contributed by atoms with Crippen LogP contribution in [0.5, 0.6) is 0 Å². The van der Waals surface area contributed by atoms with Gasteiger partial charge in [-0.25, -0.2) is 8.42 Å². The smallest absolute Gasteiger partial charge is 0.175 e. The first-order valence-corrected chi connectivity index (χ1v) is 9.73. The summed E-state index contributed by atoms with van der Waals surface area (Å²) in [5, 5.41) is 0. The first-order valence-electron chi connectivity index (χ1n) is 7.84. The van der Waals surface area contributed by atoms with Gasteiger partial charge in [0, 0.05) is 18.2 Å². The molecule has 0 unspecified atom stereocenters. The van der Waals surface area contributed by atoms with Gasteiger partial charge in [-0.3, -0.25) is 4.79 Å². The lowest BCUT2D eigenvalue weighted by Crippen LogP contribution is -2.05. The second-order valence-corrected chi connectivity index (χ2v) is 6.40. The molecule has 0 heterocycles. The van der Waals surface area contributed by atoms with Crippen LogP contribution < -0.4 is 0 Å². The van der Waals surface area contributed by atoms with Crippen LogP contribution in [0.25, 0.3) is 0 Å². The Balaban J connectivity index is 0.00000112. The summed E-state index contributed by atoms with van der Waals surface area (Å²) in [5.74, 6) is -0.0864. The average Bonchev–Trinajstić information content (AvgIpc) is 2.59. The second-order valence-electron chi connectivity index (χ2n) is 4.39. The number of hydrogen-bond donors (Lipinski definition) is 0. The van der Waals surface area contributed by atoms with Crippen LogP contribution in [0.4, 0.5) is 0 Å². The maximum atomic E-state index is 12.1. The van der Waals surface area contributed by atoms with E-state index in [9.17, 15) is 13.2 Å². The monoisotopic (exact) mass is 334 g/mol. The van der Waals surface area contributed by atoms with Gasteiger partial charge in [-0.1, -0.05) is 70.2 Å². The molecule has 0 bridgehead atoms. The largest absolute Gasteiger partial charge is 0.294 e. The van der Waals surface area contributed by atoms with Gasteiger partial charge in [0.15, 0.2) is 15.6 Å². The summed E-state index contributed by atoms with van der Waals surface area (Å²) in [4.78, 5) is 12.3. The molecule has 0 radical (unpaired) electrons. The third kappa shape index (κ3) is 7.24. The summed E-state index contributed by atoms with van der Waals surface area (Å²) < 4.78 is 22.9. The highest BCUT2D eigenvalue weighted by molar-refractivity contribution is 7.90. The molecule has 0 saturated carbocycles. The number of Topliss-reactive ketones (excluding diaryl/α,β-unsaturated/α-hetero) is 1. The molecule has 0 spiro atoms. The van der Waals surface area contributed by atoms with E-state index < -0.39 is 9.84 Å². The molecule has 0 saturated heterocycles. The predicted molar refractivity (Wildman–Crippen MR) is 96.7 cm³/mol. The second kappa shape index (κ2) is 10.7. The van der Waals surface area contributed by atoms with Crippen molar-refractivity contribution >= 4 is 15.6 Å². The number of carbonyl (C=O) groups excluding carboxylic acids is 1. The number of hydrogen-bond acceptors (Lipinski definition) is 3. The van der Waals surface area contributed by atoms with E-state index in [0.717, 1.165) is 11.8 Å². The third-order valence-electron chi connectivity index (χ3n) is 2.79. The molecular formula is C19H26O3S. The maximum Gasteiger partial charge on any atom is 0.175 e. The van der Waals surface area contributed by atoms with Gasteiger partial charge in [0.1, 0.15) is 0 Å². The van der Waals surface area contributed by atoms with Crippen molar-refractivity contribution in [1.29, 1.82) is 0 Å². The van der Waals surface area contributed by atoms with Crippen LogP contribution in [0.2, 0.25) is 0 Å². The normalized spacial score (nSPS) is 9.78. The molecule has 4 heteroatoms. The Hall–Kier alpha value is -1.94. The van der Waals surface area contributed by atoms with Crippen LogP contribution >= 0.6 is 0 Å². The molecule has 0 amide bonds. The summed E-state index contributed by atoms with van der Waals surface area (Å²) in [7, 11) is -3.28. The number of sulfone groups is 1. The Morgan fingerprint density at radius 3 is 1.96 bits per heavy atom. The molecule has 0 aromatic heterocycles. The molecule has 23 heavy (non-hydrogen) atoms. The van der Waals surface area contributed by atoms with E-state index in [2.05, 4.69) is 0 Å². The van der Waals surface area contributed by atoms with Gasteiger partial charge < -0.3 is 0 Å². The highest BCUT2D eigenvalue weighted by Gasteiger charge is 2.11. The Kier molecular flexibility index (Phi) is 9.83.